The third kappa shape index (κ3) is 3.18. The molecule has 0 fully saturated rings. The molecule has 0 aliphatic heterocycles. The molecular weight excluding hydrogens is 264 g/mol. The lowest BCUT2D eigenvalue weighted by Crippen LogP contribution is -2.12. The highest BCUT2D eigenvalue weighted by Gasteiger charge is 2.09. The Morgan fingerprint density at radius 1 is 1.05 bits per heavy atom. The molecule has 1 aromatic heterocycles. The number of aromatic nitrogens is 2. The Hall–Kier alpha value is -2.28. The van der Waals surface area contributed by atoms with E-state index in [1.165, 1.54) is 6.07 Å². The third-order valence-electron chi connectivity index (χ3n) is 2.60. The summed E-state index contributed by atoms with van der Waals surface area (Å²) >= 11 is 0. The average molecular weight is 279 g/mol. The van der Waals surface area contributed by atoms with Crippen molar-refractivity contribution in [2.75, 3.05) is 10.7 Å². The molecule has 106 valence electrons. The smallest absolute Gasteiger partial charge is 0.160 e. The lowest BCUT2D eigenvalue weighted by atomic mass is 10.2. The maximum Gasteiger partial charge on any atom is 0.160 e. The highest BCUT2D eigenvalue weighted by atomic mass is 19.2. The number of nitrogen functional groups attached to an aromatic ring is 1. The summed E-state index contributed by atoms with van der Waals surface area (Å²) < 4.78 is 26.0. The van der Waals surface area contributed by atoms with Crippen LogP contribution in [0.2, 0.25) is 0 Å². The first kappa shape index (κ1) is 14.1. The van der Waals surface area contributed by atoms with E-state index in [0.29, 0.717) is 23.1 Å². The number of nitrogens with one attached hydrogen (secondary N) is 2. The summed E-state index contributed by atoms with van der Waals surface area (Å²) in [7, 11) is 0. The molecule has 0 saturated carbocycles. The van der Waals surface area contributed by atoms with Crippen molar-refractivity contribution < 1.29 is 8.78 Å². The van der Waals surface area contributed by atoms with Gasteiger partial charge in [0.05, 0.1) is 0 Å². The predicted molar refractivity (Wildman–Crippen MR) is 73.6 cm³/mol. The van der Waals surface area contributed by atoms with E-state index in [0.717, 1.165) is 12.1 Å². The number of hydrazine groups is 1. The maximum atomic E-state index is 13.2. The van der Waals surface area contributed by atoms with Crippen molar-refractivity contribution in [3.05, 3.63) is 41.7 Å². The third-order valence-corrected chi connectivity index (χ3v) is 2.60. The Kier molecular flexibility index (Phi) is 4.09. The fourth-order valence-corrected chi connectivity index (χ4v) is 1.58. The summed E-state index contributed by atoms with van der Waals surface area (Å²) in [6.45, 7) is 3.88. The zero-order chi connectivity index (χ0) is 14.7. The molecule has 0 aliphatic rings. The number of hydrogen-bond donors (Lipinski definition) is 3. The maximum absolute atomic E-state index is 13.2. The minimum absolute atomic E-state index is 0.105. The van der Waals surface area contributed by atoms with Gasteiger partial charge in [0.2, 0.25) is 0 Å². The normalized spacial score (nSPS) is 10.7. The summed E-state index contributed by atoms with van der Waals surface area (Å²) in [6, 6.07) is 5.10. The Bertz CT molecular complexity index is 616. The number of benzene rings is 1. The molecule has 0 atom stereocenters. The van der Waals surface area contributed by atoms with Crippen LogP contribution in [0.5, 0.6) is 0 Å². The van der Waals surface area contributed by atoms with Crippen LogP contribution in [0.1, 0.15) is 25.6 Å². The molecule has 20 heavy (non-hydrogen) atoms. The van der Waals surface area contributed by atoms with Crippen molar-refractivity contribution in [2.45, 2.75) is 19.8 Å². The van der Waals surface area contributed by atoms with Gasteiger partial charge in [0, 0.05) is 23.7 Å². The molecule has 1 heterocycles. The molecule has 7 heteroatoms. The quantitative estimate of drug-likeness (QED) is 0.592. The monoisotopic (exact) mass is 279 g/mol. The molecule has 2 rings (SSSR count). The Balaban J connectivity index is 2.32. The summed E-state index contributed by atoms with van der Waals surface area (Å²) in [5.41, 5.74) is 2.83. The summed E-state index contributed by atoms with van der Waals surface area (Å²) in [6.07, 6.45) is 0. The van der Waals surface area contributed by atoms with E-state index < -0.39 is 11.6 Å². The molecule has 0 bridgehead atoms. The van der Waals surface area contributed by atoms with Crippen molar-refractivity contribution in [3.63, 3.8) is 0 Å². The van der Waals surface area contributed by atoms with Gasteiger partial charge in [-0.25, -0.2) is 24.6 Å². The lowest BCUT2D eigenvalue weighted by molar-refractivity contribution is 0.509. The van der Waals surface area contributed by atoms with E-state index >= 15 is 0 Å². The van der Waals surface area contributed by atoms with Crippen molar-refractivity contribution in [2.24, 2.45) is 5.84 Å². The van der Waals surface area contributed by atoms with E-state index in [4.69, 9.17) is 5.84 Å². The topological polar surface area (TPSA) is 75.9 Å². The van der Waals surface area contributed by atoms with Gasteiger partial charge in [-0.2, -0.15) is 0 Å². The van der Waals surface area contributed by atoms with Crippen molar-refractivity contribution >= 4 is 17.3 Å². The second-order valence-electron chi connectivity index (χ2n) is 4.55. The minimum Gasteiger partial charge on any atom is -0.340 e. The first-order valence-corrected chi connectivity index (χ1v) is 6.07. The predicted octanol–water partition coefficient (Wildman–Crippen LogP) is 2.91. The minimum atomic E-state index is -0.926. The number of anilines is 3. The van der Waals surface area contributed by atoms with Crippen molar-refractivity contribution in [1.29, 1.82) is 0 Å². The van der Waals surface area contributed by atoms with E-state index in [9.17, 15) is 8.78 Å². The molecule has 2 aromatic rings. The van der Waals surface area contributed by atoms with Crippen LogP contribution in [-0.2, 0) is 0 Å². The molecule has 0 spiro atoms. The lowest BCUT2D eigenvalue weighted by Gasteiger charge is -2.11. The van der Waals surface area contributed by atoms with E-state index in [-0.39, 0.29) is 5.92 Å². The van der Waals surface area contributed by atoms with Gasteiger partial charge in [-0.1, -0.05) is 13.8 Å². The molecule has 1 aromatic carbocycles. The highest BCUT2D eigenvalue weighted by Crippen LogP contribution is 2.21. The van der Waals surface area contributed by atoms with Crippen LogP contribution in [-0.4, -0.2) is 9.97 Å². The highest BCUT2D eigenvalue weighted by molar-refractivity contribution is 5.59. The average Bonchev–Trinajstić information content (AvgIpc) is 2.42. The standard InChI is InChI=1S/C13H15F2N5/c1-7(2)13-18-11(6-12(19-13)20-16)17-8-3-4-9(14)10(15)5-8/h3-7H,16H2,1-2H3,(H2,17,18,19,20). The number of rotatable bonds is 4. The van der Waals surface area contributed by atoms with Crippen molar-refractivity contribution in [3.8, 4) is 0 Å². The van der Waals surface area contributed by atoms with E-state index in [2.05, 4.69) is 20.7 Å². The Morgan fingerprint density at radius 2 is 1.75 bits per heavy atom. The van der Waals surface area contributed by atoms with Crippen LogP contribution in [0.15, 0.2) is 24.3 Å². The summed E-state index contributed by atoms with van der Waals surface area (Å²) in [5.74, 6) is 5.10. The van der Waals surface area contributed by atoms with Crippen LogP contribution in [0, 0.1) is 11.6 Å². The molecule has 4 N–H and O–H groups in total. The van der Waals surface area contributed by atoms with Gasteiger partial charge >= 0.3 is 0 Å². The molecule has 0 aliphatic carbocycles. The molecule has 5 nitrogen and oxygen atoms in total. The van der Waals surface area contributed by atoms with E-state index in [1.807, 2.05) is 13.8 Å². The molecule has 0 unspecified atom stereocenters. The molecule has 0 saturated heterocycles. The molecule has 0 amide bonds. The van der Waals surface area contributed by atoms with Gasteiger partial charge in [-0.3, -0.25) is 0 Å². The van der Waals surface area contributed by atoms with Gasteiger partial charge in [0.25, 0.3) is 0 Å². The zero-order valence-electron chi connectivity index (χ0n) is 11.1. The first-order valence-electron chi connectivity index (χ1n) is 6.07. The number of halogens is 2. The summed E-state index contributed by atoms with van der Waals surface area (Å²) in [4.78, 5) is 8.50. The summed E-state index contributed by atoms with van der Waals surface area (Å²) in [5, 5.41) is 2.89. The largest absolute Gasteiger partial charge is 0.340 e. The molecule has 0 radical (unpaired) electrons. The number of nitrogens with two attached hydrogens (primary N) is 1. The van der Waals surface area contributed by atoms with Gasteiger partial charge in [0.1, 0.15) is 17.5 Å². The number of nitrogens with zero attached hydrogens (tertiary/aromatic N) is 2. The van der Waals surface area contributed by atoms with Gasteiger partial charge in [0.15, 0.2) is 11.6 Å². The van der Waals surface area contributed by atoms with Crippen molar-refractivity contribution in [1.82, 2.24) is 9.97 Å². The Morgan fingerprint density at radius 3 is 2.35 bits per heavy atom. The van der Waals surface area contributed by atoms with E-state index in [1.54, 1.807) is 6.07 Å². The van der Waals surface area contributed by atoms with Crippen LogP contribution in [0.3, 0.4) is 0 Å². The van der Waals surface area contributed by atoms with Gasteiger partial charge in [-0.05, 0) is 12.1 Å². The van der Waals surface area contributed by atoms with Gasteiger partial charge in [-0.15, -0.1) is 0 Å². The second-order valence-corrected chi connectivity index (χ2v) is 4.55. The fourth-order valence-electron chi connectivity index (χ4n) is 1.58. The zero-order valence-corrected chi connectivity index (χ0v) is 11.1. The number of hydrogen-bond acceptors (Lipinski definition) is 5. The second kappa shape index (κ2) is 5.79. The van der Waals surface area contributed by atoms with Crippen LogP contribution in [0.4, 0.5) is 26.1 Å². The first-order chi connectivity index (χ1) is 9.49. The fraction of sp³-hybridized carbons (Fsp3) is 0.231. The van der Waals surface area contributed by atoms with Crippen LogP contribution >= 0.6 is 0 Å². The SMILES string of the molecule is CC(C)c1nc(NN)cc(Nc2ccc(F)c(F)c2)n1. The Labute approximate surface area is 115 Å². The molecular formula is C13H15F2N5. The van der Waals surface area contributed by atoms with Crippen LogP contribution < -0.4 is 16.6 Å². The van der Waals surface area contributed by atoms with Crippen LogP contribution in [0.25, 0.3) is 0 Å². The van der Waals surface area contributed by atoms with Gasteiger partial charge < -0.3 is 10.7 Å².